The minimum atomic E-state index is 0.219. The summed E-state index contributed by atoms with van der Waals surface area (Å²) in [5.41, 5.74) is 0. The molecular weight excluding hydrogens is 268 g/mol. The Bertz CT molecular complexity index is 402. The van der Waals surface area contributed by atoms with E-state index in [-0.39, 0.29) is 6.10 Å². The predicted molar refractivity (Wildman–Crippen MR) is 80.2 cm³/mol. The highest BCUT2D eigenvalue weighted by atomic mass is 16.5. The van der Waals surface area contributed by atoms with Gasteiger partial charge < -0.3 is 19.2 Å². The molecule has 3 rings (SSSR count). The average molecular weight is 294 g/mol. The molecule has 1 N–H and O–H groups in total. The van der Waals surface area contributed by atoms with Gasteiger partial charge in [0.25, 0.3) is 0 Å². The van der Waals surface area contributed by atoms with E-state index in [1.807, 2.05) is 19.1 Å². The second kappa shape index (κ2) is 7.40. The van der Waals surface area contributed by atoms with E-state index in [1.165, 1.54) is 12.8 Å². The number of nitrogens with zero attached hydrogens (tertiary/aromatic N) is 1. The predicted octanol–water partition coefficient (Wildman–Crippen LogP) is 1.64. The quantitative estimate of drug-likeness (QED) is 0.864. The van der Waals surface area contributed by atoms with Crippen LogP contribution in [0.15, 0.2) is 22.8 Å². The minimum absolute atomic E-state index is 0.219. The van der Waals surface area contributed by atoms with Gasteiger partial charge in [-0.1, -0.05) is 0 Å². The van der Waals surface area contributed by atoms with Crippen LogP contribution in [-0.4, -0.2) is 56.0 Å². The molecule has 0 aromatic carbocycles. The summed E-state index contributed by atoms with van der Waals surface area (Å²) in [7, 11) is 0. The monoisotopic (exact) mass is 294 g/mol. The number of nitrogens with one attached hydrogen (secondary N) is 1. The summed E-state index contributed by atoms with van der Waals surface area (Å²) in [6.45, 7) is 7.46. The lowest BCUT2D eigenvalue weighted by molar-refractivity contribution is 0.0378. The summed E-state index contributed by atoms with van der Waals surface area (Å²) in [4.78, 5) is 2.46. The van der Waals surface area contributed by atoms with Crippen molar-refractivity contribution in [2.75, 3.05) is 32.9 Å². The maximum absolute atomic E-state index is 5.74. The van der Waals surface area contributed by atoms with Crippen LogP contribution < -0.4 is 5.32 Å². The van der Waals surface area contributed by atoms with Crippen LogP contribution in [0.3, 0.4) is 0 Å². The molecule has 5 heteroatoms. The van der Waals surface area contributed by atoms with Gasteiger partial charge in [0, 0.05) is 25.7 Å². The van der Waals surface area contributed by atoms with Crippen LogP contribution in [0.2, 0.25) is 0 Å². The molecule has 0 amide bonds. The number of ether oxygens (including phenoxy) is 2. The van der Waals surface area contributed by atoms with Crippen molar-refractivity contribution in [2.45, 2.75) is 44.5 Å². The molecule has 2 aliphatic rings. The van der Waals surface area contributed by atoms with E-state index in [4.69, 9.17) is 13.9 Å². The molecule has 5 nitrogen and oxygen atoms in total. The Kier molecular flexibility index (Phi) is 5.30. The molecule has 1 aromatic rings. The Hall–Kier alpha value is -0.880. The lowest BCUT2D eigenvalue weighted by Crippen LogP contribution is -2.50. The Balaban J connectivity index is 1.41. The zero-order chi connectivity index (χ0) is 14.5. The summed E-state index contributed by atoms with van der Waals surface area (Å²) in [5, 5.41) is 3.73. The molecule has 0 aliphatic carbocycles. The van der Waals surface area contributed by atoms with Gasteiger partial charge in [-0.3, -0.25) is 4.90 Å². The minimum Gasteiger partial charge on any atom is -0.468 e. The first-order chi connectivity index (χ1) is 10.3. The van der Waals surface area contributed by atoms with E-state index in [0.717, 1.165) is 45.2 Å². The van der Waals surface area contributed by atoms with Crippen molar-refractivity contribution in [3.05, 3.63) is 24.2 Å². The molecular formula is C16H26N2O3. The van der Waals surface area contributed by atoms with E-state index in [1.54, 1.807) is 6.26 Å². The number of piperidine rings is 1. The Morgan fingerprint density at radius 2 is 2.19 bits per heavy atom. The lowest BCUT2D eigenvalue weighted by atomic mass is 10.0. The molecule has 0 spiro atoms. The summed E-state index contributed by atoms with van der Waals surface area (Å²) in [6.07, 6.45) is 4.32. The molecule has 2 atom stereocenters. The first-order valence-electron chi connectivity index (χ1n) is 8.05. The number of hydrogen-bond donors (Lipinski definition) is 1. The Morgan fingerprint density at radius 3 is 2.90 bits per heavy atom. The lowest BCUT2D eigenvalue weighted by Gasteiger charge is -2.34. The molecule has 0 unspecified atom stereocenters. The zero-order valence-corrected chi connectivity index (χ0v) is 12.8. The fourth-order valence-corrected chi connectivity index (χ4v) is 3.25. The molecule has 1 aromatic heterocycles. The van der Waals surface area contributed by atoms with Crippen molar-refractivity contribution in [1.29, 1.82) is 0 Å². The van der Waals surface area contributed by atoms with E-state index >= 15 is 0 Å². The van der Waals surface area contributed by atoms with E-state index < -0.39 is 0 Å². The van der Waals surface area contributed by atoms with Gasteiger partial charge in [0.1, 0.15) is 5.76 Å². The molecule has 118 valence electrons. The number of hydrogen-bond acceptors (Lipinski definition) is 5. The topological polar surface area (TPSA) is 46.9 Å². The number of likely N-dealkylation sites (tertiary alicyclic amines) is 1. The fourth-order valence-electron chi connectivity index (χ4n) is 3.25. The highest BCUT2D eigenvalue weighted by molar-refractivity contribution is 4.98. The Labute approximate surface area is 126 Å². The normalized spacial score (nSPS) is 28.2. The van der Waals surface area contributed by atoms with Crippen molar-refractivity contribution in [3.8, 4) is 0 Å². The highest BCUT2D eigenvalue weighted by Crippen LogP contribution is 2.17. The summed E-state index contributed by atoms with van der Waals surface area (Å²) >= 11 is 0. The van der Waals surface area contributed by atoms with Gasteiger partial charge in [0.2, 0.25) is 0 Å². The van der Waals surface area contributed by atoms with Crippen molar-refractivity contribution >= 4 is 0 Å². The molecule has 21 heavy (non-hydrogen) atoms. The van der Waals surface area contributed by atoms with Crippen LogP contribution in [0.5, 0.6) is 0 Å². The molecule has 2 aliphatic heterocycles. The summed E-state index contributed by atoms with van der Waals surface area (Å²) in [6, 6.07) is 4.93. The highest BCUT2D eigenvalue weighted by Gasteiger charge is 2.31. The van der Waals surface area contributed by atoms with Crippen molar-refractivity contribution in [2.24, 2.45) is 0 Å². The second-order valence-electron chi connectivity index (χ2n) is 5.93. The van der Waals surface area contributed by atoms with Crippen molar-refractivity contribution < 1.29 is 13.9 Å². The SMILES string of the molecule is CCO[C@H]1COC[C@@H]1NC1CCN(Cc2ccco2)CC1. The third-order valence-corrected chi connectivity index (χ3v) is 4.41. The van der Waals surface area contributed by atoms with Gasteiger partial charge in [-0.25, -0.2) is 0 Å². The fraction of sp³-hybridized carbons (Fsp3) is 0.750. The van der Waals surface area contributed by atoms with Crippen LogP contribution in [0.4, 0.5) is 0 Å². The largest absolute Gasteiger partial charge is 0.468 e. The van der Waals surface area contributed by atoms with Gasteiger partial charge in [0.05, 0.1) is 38.2 Å². The maximum Gasteiger partial charge on any atom is 0.117 e. The van der Waals surface area contributed by atoms with Gasteiger partial charge in [-0.2, -0.15) is 0 Å². The molecule has 0 bridgehead atoms. The molecule has 2 fully saturated rings. The first kappa shape index (κ1) is 15.0. The van der Waals surface area contributed by atoms with E-state index in [0.29, 0.717) is 12.1 Å². The van der Waals surface area contributed by atoms with Gasteiger partial charge in [0.15, 0.2) is 0 Å². The third kappa shape index (κ3) is 4.07. The first-order valence-corrected chi connectivity index (χ1v) is 8.05. The van der Waals surface area contributed by atoms with E-state index in [9.17, 15) is 0 Å². The smallest absolute Gasteiger partial charge is 0.117 e. The summed E-state index contributed by atoms with van der Waals surface area (Å²) in [5.74, 6) is 1.06. The molecule has 0 radical (unpaired) electrons. The molecule has 2 saturated heterocycles. The number of rotatable bonds is 6. The van der Waals surface area contributed by atoms with Crippen LogP contribution >= 0.6 is 0 Å². The number of furan rings is 1. The van der Waals surface area contributed by atoms with Crippen LogP contribution in [-0.2, 0) is 16.0 Å². The van der Waals surface area contributed by atoms with Gasteiger partial charge in [-0.15, -0.1) is 0 Å². The van der Waals surface area contributed by atoms with Crippen LogP contribution in [0.25, 0.3) is 0 Å². The maximum atomic E-state index is 5.74. The summed E-state index contributed by atoms with van der Waals surface area (Å²) < 4.78 is 16.7. The molecule has 0 saturated carbocycles. The van der Waals surface area contributed by atoms with Crippen molar-refractivity contribution in [1.82, 2.24) is 10.2 Å². The van der Waals surface area contributed by atoms with Crippen molar-refractivity contribution in [3.63, 3.8) is 0 Å². The third-order valence-electron chi connectivity index (χ3n) is 4.41. The van der Waals surface area contributed by atoms with Gasteiger partial charge in [-0.05, 0) is 31.9 Å². The standard InChI is InChI=1S/C16H26N2O3/c1-2-20-16-12-19-11-15(16)17-13-5-7-18(8-6-13)10-14-4-3-9-21-14/h3-4,9,13,15-17H,2,5-8,10-12H2,1H3/t15-,16-/m0/s1. The van der Waals surface area contributed by atoms with Gasteiger partial charge >= 0.3 is 0 Å². The second-order valence-corrected chi connectivity index (χ2v) is 5.93. The Morgan fingerprint density at radius 1 is 1.33 bits per heavy atom. The zero-order valence-electron chi connectivity index (χ0n) is 12.8. The van der Waals surface area contributed by atoms with Crippen LogP contribution in [0, 0.1) is 0 Å². The molecule has 3 heterocycles. The van der Waals surface area contributed by atoms with E-state index in [2.05, 4.69) is 10.2 Å². The van der Waals surface area contributed by atoms with Crippen LogP contribution in [0.1, 0.15) is 25.5 Å². The average Bonchev–Trinajstić information content (AvgIpc) is 3.14.